The van der Waals surface area contributed by atoms with Crippen molar-refractivity contribution in [2.45, 2.75) is 19.4 Å². The second-order valence-electron chi connectivity index (χ2n) is 6.23. The number of hydrogen-bond donors (Lipinski definition) is 0. The van der Waals surface area contributed by atoms with E-state index in [0.29, 0.717) is 61.9 Å². The van der Waals surface area contributed by atoms with Gasteiger partial charge in [-0.05, 0) is 12.1 Å². The number of rotatable bonds is 3. The Labute approximate surface area is 150 Å². The highest BCUT2D eigenvalue weighted by Gasteiger charge is 2.28. The molecule has 2 aliphatic rings. The first-order chi connectivity index (χ1) is 12.0. The van der Waals surface area contributed by atoms with Crippen molar-refractivity contribution in [3.8, 4) is 0 Å². The predicted molar refractivity (Wildman–Crippen MR) is 92.7 cm³/mol. The first kappa shape index (κ1) is 17.8. The number of hydrogen-bond acceptors (Lipinski definition) is 4. The van der Waals surface area contributed by atoms with E-state index < -0.39 is 0 Å². The molecule has 0 unspecified atom stereocenters. The largest absolute Gasteiger partial charge is 0.335 e. The van der Waals surface area contributed by atoms with Gasteiger partial charge in [0.05, 0.1) is 0 Å². The molecule has 2 aliphatic heterocycles. The van der Waals surface area contributed by atoms with E-state index >= 15 is 0 Å². The van der Waals surface area contributed by atoms with Crippen LogP contribution in [0, 0.1) is 5.82 Å². The molecular formula is C17H20ClFN4O2. The molecule has 0 aromatic heterocycles. The fourth-order valence-electron chi connectivity index (χ4n) is 3.02. The Bertz CT molecular complexity index is 696. The van der Waals surface area contributed by atoms with E-state index in [1.807, 2.05) is 0 Å². The Morgan fingerprint density at radius 1 is 1.24 bits per heavy atom. The van der Waals surface area contributed by atoms with Crippen LogP contribution in [-0.2, 0) is 16.1 Å². The molecule has 0 radical (unpaired) electrons. The van der Waals surface area contributed by atoms with E-state index in [-0.39, 0.29) is 17.6 Å². The van der Waals surface area contributed by atoms with Crippen LogP contribution in [0.25, 0.3) is 0 Å². The second-order valence-corrected chi connectivity index (χ2v) is 6.64. The summed E-state index contributed by atoms with van der Waals surface area (Å²) >= 11 is 6.08. The van der Waals surface area contributed by atoms with Crippen molar-refractivity contribution in [3.05, 3.63) is 34.6 Å². The molecule has 8 heteroatoms. The van der Waals surface area contributed by atoms with Crippen LogP contribution in [-0.4, -0.2) is 65.6 Å². The van der Waals surface area contributed by atoms with Crippen LogP contribution in [0.4, 0.5) is 4.39 Å². The monoisotopic (exact) mass is 366 g/mol. The molecule has 2 amide bonds. The Kier molecular flexibility index (Phi) is 5.34. The van der Waals surface area contributed by atoms with Gasteiger partial charge in [0.15, 0.2) is 0 Å². The minimum absolute atomic E-state index is 0.0804. The van der Waals surface area contributed by atoms with E-state index in [1.165, 1.54) is 11.1 Å². The number of hydrazone groups is 1. The minimum atomic E-state index is -0.310. The lowest BCUT2D eigenvalue weighted by Crippen LogP contribution is -2.51. The van der Waals surface area contributed by atoms with Crippen LogP contribution < -0.4 is 0 Å². The lowest BCUT2D eigenvalue weighted by molar-refractivity contribution is -0.131. The van der Waals surface area contributed by atoms with Crippen molar-refractivity contribution < 1.29 is 14.0 Å². The van der Waals surface area contributed by atoms with Gasteiger partial charge in [-0.2, -0.15) is 5.10 Å². The lowest BCUT2D eigenvalue weighted by atomic mass is 10.1. The zero-order valence-corrected chi connectivity index (χ0v) is 14.8. The summed E-state index contributed by atoms with van der Waals surface area (Å²) in [6.45, 7) is 2.78. The van der Waals surface area contributed by atoms with Crippen LogP contribution in [0.15, 0.2) is 23.3 Å². The quantitative estimate of drug-likeness (QED) is 0.818. The number of carbonyl (C=O) groups is 2. The highest BCUT2D eigenvalue weighted by atomic mass is 35.5. The van der Waals surface area contributed by atoms with Gasteiger partial charge in [0.25, 0.3) is 5.91 Å². The number of amides is 2. The number of nitrogens with zero attached hydrogens (tertiary/aromatic N) is 4. The SMILES string of the molecule is CN1N=C(C(=O)N2CCN(Cc3c(F)cccc3Cl)CC2)CCC1=O. The van der Waals surface area contributed by atoms with E-state index in [9.17, 15) is 14.0 Å². The summed E-state index contributed by atoms with van der Waals surface area (Å²) < 4.78 is 13.9. The van der Waals surface area contributed by atoms with Crippen LogP contribution in [0.1, 0.15) is 18.4 Å². The van der Waals surface area contributed by atoms with E-state index in [4.69, 9.17) is 11.6 Å². The maximum Gasteiger partial charge on any atom is 0.270 e. The summed E-state index contributed by atoms with van der Waals surface area (Å²) in [7, 11) is 1.56. The van der Waals surface area contributed by atoms with Crippen molar-refractivity contribution in [2.24, 2.45) is 5.10 Å². The fourth-order valence-corrected chi connectivity index (χ4v) is 3.25. The van der Waals surface area contributed by atoms with E-state index in [2.05, 4.69) is 10.0 Å². The standard InChI is InChI=1S/C17H20ClFN4O2/c1-21-16(24)6-5-15(20-21)17(25)23-9-7-22(8-10-23)11-12-13(18)3-2-4-14(12)19/h2-4H,5-11H2,1H3. The van der Waals surface area contributed by atoms with Crippen molar-refractivity contribution in [3.63, 3.8) is 0 Å². The van der Waals surface area contributed by atoms with Gasteiger partial charge < -0.3 is 4.90 Å². The normalized spacial score (nSPS) is 19.2. The fraction of sp³-hybridized carbons (Fsp3) is 0.471. The van der Waals surface area contributed by atoms with Crippen LogP contribution in [0.2, 0.25) is 5.02 Å². The number of halogens is 2. The number of benzene rings is 1. The Balaban J connectivity index is 1.58. The summed E-state index contributed by atoms with van der Waals surface area (Å²) in [6, 6.07) is 4.67. The molecular weight excluding hydrogens is 347 g/mol. The van der Waals surface area contributed by atoms with E-state index in [0.717, 1.165) is 0 Å². The molecule has 1 fully saturated rings. The molecule has 1 aromatic rings. The predicted octanol–water partition coefficient (Wildman–Crippen LogP) is 1.73. The molecule has 0 saturated carbocycles. The van der Waals surface area contributed by atoms with Crippen molar-refractivity contribution in [1.82, 2.24) is 14.8 Å². The van der Waals surface area contributed by atoms with Crippen LogP contribution >= 0.6 is 11.6 Å². The van der Waals surface area contributed by atoms with E-state index in [1.54, 1.807) is 24.1 Å². The molecule has 25 heavy (non-hydrogen) atoms. The summed E-state index contributed by atoms with van der Waals surface area (Å²) in [5.41, 5.74) is 0.911. The molecule has 0 aliphatic carbocycles. The summed E-state index contributed by atoms with van der Waals surface area (Å²) in [4.78, 5) is 27.8. The van der Waals surface area contributed by atoms with Gasteiger partial charge in [-0.1, -0.05) is 17.7 Å². The molecule has 0 N–H and O–H groups in total. The van der Waals surface area contributed by atoms with Crippen molar-refractivity contribution in [1.29, 1.82) is 0 Å². The van der Waals surface area contributed by atoms with Gasteiger partial charge in [0, 0.05) is 63.2 Å². The smallest absolute Gasteiger partial charge is 0.270 e. The zero-order valence-electron chi connectivity index (χ0n) is 14.0. The maximum atomic E-state index is 13.9. The molecule has 3 rings (SSSR count). The highest BCUT2D eigenvalue weighted by molar-refractivity contribution is 6.39. The summed E-state index contributed by atoms with van der Waals surface area (Å²) in [5.74, 6) is -0.513. The third-order valence-corrected chi connectivity index (χ3v) is 4.91. The second kappa shape index (κ2) is 7.49. The lowest BCUT2D eigenvalue weighted by Gasteiger charge is -2.35. The molecule has 0 spiro atoms. The Morgan fingerprint density at radius 2 is 1.96 bits per heavy atom. The molecule has 0 bridgehead atoms. The Morgan fingerprint density at radius 3 is 2.60 bits per heavy atom. The first-order valence-corrected chi connectivity index (χ1v) is 8.62. The topological polar surface area (TPSA) is 56.2 Å². The molecule has 1 saturated heterocycles. The van der Waals surface area contributed by atoms with Crippen LogP contribution in [0.3, 0.4) is 0 Å². The zero-order chi connectivity index (χ0) is 18.0. The van der Waals surface area contributed by atoms with Crippen molar-refractivity contribution >= 4 is 29.1 Å². The third-order valence-electron chi connectivity index (χ3n) is 4.56. The number of carbonyl (C=O) groups excluding carboxylic acids is 2. The first-order valence-electron chi connectivity index (χ1n) is 8.24. The average Bonchev–Trinajstić information content (AvgIpc) is 2.61. The molecule has 2 heterocycles. The van der Waals surface area contributed by atoms with Gasteiger partial charge >= 0.3 is 0 Å². The molecule has 0 atom stereocenters. The average molecular weight is 367 g/mol. The highest BCUT2D eigenvalue weighted by Crippen LogP contribution is 2.21. The minimum Gasteiger partial charge on any atom is -0.335 e. The molecule has 134 valence electrons. The Hall–Kier alpha value is -1.99. The third kappa shape index (κ3) is 3.99. The van der Waals surface area contributed by atoms with Gasteiger partial charge in [0.2, 0.25) is 5.91 Å². The molecule has 6 nitrogen and oxygen atoms in total. The van der Waals surface area contributed by atoms with Gasteiger partial charge in [0.1, 0.15) is 11.5 Å². The summed E-state index contributed by atoms with van der Waals surface area (Å²) in [5, 5.41) is 5.73. The van der Waals surface area contributed by atoms with Gasteiger partial charge in [-0.3, -0.25) is 14.5 Å². The van der Waals surface area contributed by atoms with Crippen molar-refractivity contribution in [2.75, 3.05) is 33.2 Å². The van der Waals surface area contributed by atoms with Crippen LogP contribution in [0.5, 0.6) is 0 Å². The van der Waals surface area contributed by atoms with Gasteiger partial charge in [-0.25, -0.2) is 9.40 Å². The number of piperazine rings is 1. The van der Waals surface area contributed by atoms with Gasteiger partial charge in [-0.15, -0.1) is 0 Å². The summed E-state index contributed by atoms with van der Waals surface area (Å²) in [6.07, 6.45) is 0.694. The maximum absolute atomic E-state index is 13.9. The molecule has 1 aromatic carbocycles.